The molecule has 9 nitrogen and oxygen atoms in total. The van der Waals surface area contributed by atoms with Crippen LogP contribution in [0, 0.1) is 21.4 Å². The molecule has 0 aliphatic heterocycles. The average Bonchev–Trinajstić information content (AvgIpc) is 2.83. The Kier molecular flexibility index (Phi) is 3.68. The third kappa shape index (κ3) is 2.29. The zero-order chi connectivity index (χ0) is 16.4. The minimum Gasteiger partial charge on any atom is -0.502 e. The van der Waals surface area contributed by atoms with Gasteiger partial charge in [-0.2, -0.15) is 5.26 Å². The molecule has 0 aliphatic rings. The van der Waals surface area contributed by atoms with Crippen molar-refractivity contribution in [2.24, 2.45) is 0 Å². The van der Waals surface area contributed by atoms with Gasteiger partial charge in [0.15, 0.2) is 11.4 Å². The van der Waals surface area contributed by atoms with E-state index in [0.717, 1.165) is 19.2 Å². The number of anilines is 1. The number of nitrogens with zero attached hydrogens (tertiary/aromatic N) is 3. The lowest BCUT2D eigenvalue weighted by Gasteiger charge is -2.08. The number of carbonyl (C=O) groups is 1. The number of nitrogen functional groups attached to an aromatic ring is 1. The molecule has 2 aromatic rings. The molecule has 0 bridgehead atoms. The fraction of sp³-hybridized carbons (Fsp3) is 0.0769. The summed E-state index contributed by atoms with van der Waals surface area (Å²) in [6, 6.07) is 5.33. The topological polar surface area (TPSA) is 144 Å². The van der Waals surface area contributed by atoms with Crippen LogP contribution in [0.4, 0.5) is 11.4 Å². The molecule has 112 valence electrons. The van der Waals surface area contributed by atoms with Crippen LogP contribution in [0.15, 0.2) is 24.4 Å². The van der Waals surface area contributed by atoms with E-state index in [0.29, 0.717) is 0 Å². The van der Waals surface area contributed by atoms with E-state index in [4.69, 9.17) is 11.0 Å². The van der Waals surface area contributed by atoms with Crippen LogP contribution >= 0.6 is 0 Å². The highest BCUT2D eigenvalue weighted by Gasteiger charge is 2.23. The van der Waals surface area contributed by atoms with Gasteiger partial charge in [-0.15, -0.1) is 0 Å². The SMILES string of the molecule is COC(=O)c1c(N)c(C#N)cn1-c1ccc(O)c([N+](=O)[O-])c1. The molecule has 0 radical (unpaired) electrons. The number of nitrogens with two attached hydrogens (primary N) is 1. The number of esters is 1. The number of benzene rings is 1. The van der Waals surface area contributed by atoms with Crippen molar-refractivity contribution < 1.29 is 19.6 Å². The Morgan fingerprint density at radius 2 is 2.23 bits per heavy atom. The normalized spacial score (nSPS) is 10.0. The third-order valence-corrected chi connectivity index (χ3v) is 2.98. The molecule has 0 amide bonds. The maximum absolute atomic E-state index is 11.8. The van der Waals surface area contributed by atoms with Gasteiger partial charge in [-0.3, -0.25) is 10.1 Å². The molecule has 0 unspecified atom stereocenters. The van der Waals surface area contributed by atoms with Gasteiger partial charge in [-0.25, -0.2) is 4.79 Å². The molecule has 3 N–H and O–H groups in total. The van der Waals surface area contributed by atoms with Crippen molar-refractivity contribution >= 4 is 17.3 Å². The molecular formula is C13H10N4O5. The zero-order valence-corrected chi connectivity index (χ0v) is 11.3. The standard InChI is InChI=1S/C13H10N4O5/c1-22-13(19)12-11(15)7(5-14)6-16(12)8-2-3-10(18)9(4-8)17(20)21/h2-4,6,18H,15H2,1H3. The number of hydrogen-bond donors (Lipinski definition) is 2. The summed E-state index contributed by atoms with van der Waals surface area (Å²) >= 11 is 0. The first-order chi connectivity index (χ1) is 10.4. The highest BCUT2D eigenvalue weighted by molar-refractivity contribution is 5.96. The van der Waals surface area contributed by atoms with Gasteiger partial charge in [0.25, 0.3) is 0 Å². The Bertz CT molecular complexity index is 819. The van der Waals surface area contributed by atoms with Gasteiger partial charge in [0.2, 0.25) is 0 Å². The van der Waals surface area contributed by atoms with Gasteiger partial charge in [0.05, 0.1) is 29.0 Å². The van der Waals surface area contributed by atoms with E-state index in [1.165, 1.54) is 16.8 Å². The number of nitriles is 1. The largest absolute Gasteiger partial charge is 0.502 e. The lowest BCUT2D eigenvalue weighted by Crippen LogP contribution is -2.11. The van der Waals surface area contributed by atoms with E-state index in [9.17, 15) is 20.0 Å². The molecule has 0 atom stereocenters. The number of nitro benzene ring substituents is 1. The summed E-state index contributed by atoms with van der Waals surface area (Å²) in [7, 11) is 1.14. The van der Waals surface area contributed by atoms with Crippen LogP contribution in [-0.4, -0.2) is 27.7 Å². The molecule has 1 aromatic heterocycles. The molecule has 0 aliphatic carbocycles. The molecule has 9 heteroatoms. The molecule has 22 heavy (non-hydrogen) atoms. The summed E-state index contributed by atoms with van der Waals surface area (Å²) in [5.41, 5.74) is 5.17. The highest BCUT2D eigenvalue weighted by Crippen LogP contribution is 2.31. The van der Waals surface area contributed by atoms with Crippen LogP contribution < -0.4 is 5.73 Å². The minimum atomic E-state index is -0.797. The maximum atomic E-state index is 11.8. The smallest absolute Gasteiger partial charge is 0.357 e. The van der Waals surface area contributed by atoms with Crippen LogP contribution in [-0.2, 0) is 4.74 Å². The molecular weight excluding hydrogens is 292 g/mol. The molecule has 0 saturated carbocycles. The van der Waals surface area contributed by atoms with Crippen molar-refractivity contribution in [2.45, 2.75) is 0 Å². The van der Waals surface area contributed by atoms with Crippen LogP contribution in [0.5, 0.6) is 5.75 Å². The Hall–Kier alpha value is -3.54. The summed E-state index contributed by atoms with van der Waals surface area (Å²) in [6.07, 6.45) is 1.26. The van der Waals surface area contributed by atoms with Crippen LogP contribution in [0.25, 0.3) is 5.69 Å². The monoisotopic (exact) mass is 302 g/mol. The lowest BCUT2D eigenvalue weighted by molar-refractivity contribution is -0.385. The van der Waals surface area contributed by atoms with Crippen molar-refractivity contribution in [3.8, 4) is 17.5 Å². The second-order valence-electron chi connectivity index (χ2n) is 4.21. The van der Waals surface area contributed by atoms with E-state index in [2.05, 4.69) is 4.74 Å². The Labute approximate surface area is 123 Å². The number of phenols is 1. The van der Waals surface area contributed by atoms with E-state index in [1.54, 1.807) is 0 Å². The number of hydrogen-bond acceptors (Lipinski definition) is 7. The number of nitro groups is 1. The maximum Gasteiger partial charge on any atom is 0.357 e. The minimum absolute atomic E-state index is 0.0242. The molecule has 0 spiro atoms. The fourth-order valence-electron chi connectivity index (χ4n) is 1.93. The lowest BCUT2D eigenvalue weighted by atomic mass is 10.2. The molecule has 1 aromatic carbocycles. The number of phenolic OH excluding ortho intramolecular Hbond substituents is 1. The Balaban J connectivity index is 2.73. The zero-order valence-electron chi connectivity index (χ0n) is 11.3. The van der Waals surface area contributed by atoms with Crippen molar-refractivity contribution in [3.05, 3.63) is 45.8 Å². The van der Waals surface area contributed by atoms with E-state index < -0.39 is 22.3 Å². The van der Waals surface area contributed by atoms with E-state index >= 15 is 0 Å². The van der Waals surface area contributed by atoms with Gasteiger partial charge in [0.1, 0.15) is 6.07 Å². The molecule has 1 heterocycles. The van der Waals surface area contributed by atoms with E-state index in [-0.39, 0.29) is 22.6 Å². The van der Waals surface area contributed by atoms with Gasteiger partial charge >= 0.3 is 11.7 Å². The number of carbonyl (C=O) groups excluding carboxylic acids is 1. The summed E-state index contributed by atoms with van der Waals surface area (Å²) < 4.78 is 5.81. The first-order valence-corrected chi connectivity index (χ1v) is 5.87. The highest BCUT2D eigenvalue weighted by atomic mass is 16.6. The Morgan fingerprint density at radius 3 is 2.77 bits per heavy atom. The predicted molar refractivity (Wildman–Crippen MR) is 74.6 cm³/mol. The van der Waals surface area contributed by atoms with Crippen molar-refractivity contribution in [2.75, 3.05) is 12.8 Å². The quantitative estimate of drug-likeness (QED) is 0.494. The predicted octanol–water partition coefficient (Wildman–Crippen LogP) is 1.33. The fourth-order valence-corrected chi connectivity index (χ4v) is 1.93. The van der Waals surface area contributed by atoms with Crippen molar-refractivity contribution in [1.82, 2.24) is 4.57 Å². The number of aromatic nitrogens is 1. The number of ether oxygens (including phenoxy) is 1. The van der Waals surface area contributed by atoms with Gasteiger partial charge in [-0.05, 0) is 12.1 Å². The summed E-state index contributed by atoms with van der Waals surface area (Å²) in [5.74, 6) is -1.32. The van der Waals surface area contributed by atoms with Crippen LogP contribution in [0.1, 0.15) is 16.1 Å². The van der Waals surface area contributed by atoms with E-state index in [1.807, 2.05) is 6.07 Å². The molecule has 0 saturated heterocycles. The third-order valence-electron chi connectivity index (χ3n) is 2.98. The van der Waals surface area contributed by atoms with Crippen molar-refractivity contribution in [3.63, 3.8) is 0 Å². The Morgan fingerprint density at radius 1 is 1.55 bits per heavy atom. The first kappa shape index (κ1) is 14.9. The van der Waals surface area contributed by atoms with Gasteiger partial charge < -0.3 is 20.1 Å². The average molecular weight is 302 g/mol. The second-order valence-corrected chi connectivity index (χ2v) is 4.21. The summed E-state index contributed by atoms with van der Waals surface area (Å²) in [4.78, 5) is 21.9. The molecule has 0 fully saturated rings. The number of rotatable bonds is 3. The van der Waals surface area contributed by atoms with Crippen molar-refractivity contribution in [1.29, 1.82) is 5.26 Å². The van der Waals surface area contributed by atoms with Gasteiger partial charge in [-0.1, -0.05) is 0 Å². The van der Waals surface area contributed by atoms with Gasteiger partial charge in [0, 0.05) is 12.3 Å². The van der Waals surface area contributed by atoms with Crippen LogP contribution in [0.3, 0.4) is 0 Å². The summed E-state index contributed by atoms with van der Waals surface area (Å²) in [5, 5.41) is 29.3. The molecule has 2 rings (SSSR count). The summed E-state index contributed by atoms with van der Waals surface area (Å²) in [6.45, 7) is 0. The van der Waals surface area contributed by atoms with Crippen LogP contribution in [0.2, 0.25) is 0 Å². The first-order valence-electron chi connectivity index (χ1n) is 5.87. The number of aromatic hydroxyl groups is 1. The second kappa shape index (κ2) is 5.45. The number of methoxy groups -OCH3 is 1.